The van der Waals surface area contributed by atoms with E-state index < -0.39 is 0 Å². The molecule has 35 heavy (non-hydrogen) atoms. The van der Waals surface area contributed by atoms with Gasteiger partial charge in [0.15, 0.2) is 0 Å². The number of imidazole rings is 1. The smallest absolute Gasteiger partial charge is 0.323 e. The summed E-state index contributed by atoms with van der Waals surface area (Å²) in [6.45, 7) is 2.63. The van der Waals surface area contributed by atoms with Gasteiger partial charge in [0, 0.05) is 34.7 Å². The molecule has 0 atom stereocenters. The summed E-state index contributed by atoms with van der Waals surface area (Å²) in [5.41, 5.74) is 5.05. The number of aryl methyl sites for hydroxylation is 1. The van der Waals surface area contributed by atoms with E-state index in [4.69, 9.17) is 16.1 Å². The average molecular weight is 485 g/mol. The second-order valence-electron chi connectivity index (χ2n) is 8.00. The van der Waals surface area contributed by atoms with Crippen LogP contribution in [0.25, 0.3) is 23.0 Å². The van der Waals surface area contributed by atoms with Crippen LogP contribution in [0.5, 0.6) is 0 Å². The lowest BCUT2D eigenvalue weighted by atomic mass is 10.1. The van der Waals surface area contributed by atoms with Gasteiger partial charge in [0.05, 0.1) is 6.33 Å². The number of aromatic nitrogens is 4. The number of carbonyl (C=O) groups excluding carboxylic acids is 1. The number of hydrogen-bond donors (Lipinski definition) is 2. The zero-order valence-electron chi connectivity index (χ0n) is 18.8. The minimum absolute atomic E-state index is 0.330. The Hall–Kier alpha value is -4.43. The molecule has 5 rings (SSSR count). The number of amides is 2. The molecule has 5 aromatic rings. The van der Waals surface area contributed by atoms with E-state index in [2.05, 4.69) is 25.8 Å². The average Bonchev–Trinajstić information content (AvgIpc) is 3.52. The molecule has 0 aliphatic heterocycles. The van der Waals surface area contributed by atoms with E-state index in [1.165, 1.54) is 5.56 Å². The largest absolute Gasteiger partial charge is 0.332 e. The van der Waals surface area contributed by atoms with Gasteiger partial charge >= 0.3 is 6.03 Å². The Morgan fingerprint density at radius 3 is 2.29 bits per heavy atom. The normalized spacial score (nSPS) is 10.8. The van der Waals surface area contributed by atoms with Crippen molar-refractivity contribution in [3.05, 3.63) is 101 Å². The molecule has 2 aromatic heterocycles. The summed E-state index contributed by atoms with van der Waals surface area (Å²) in [6.07, 6.45) is 3.58. The third kappa shape index (κ3) is 5.56. The van der Waals surface area contributed by atoms with Crippen molar-refractivity contribution in [1.82, 2.24) is 19.7 Å². The van der Waals surface area contributed by atoms with Gasteiger partial charge in [-0.1, -0.05) is 58.7 Å². The number of carbonyl (C=O) groups is 1. The van der Waals surface area contributed by atoms with E-state index in [-0.39, 0.29) is 6.03 Å². The standard InChI is InChI=1S/C26H21ClN6O2/c1-17-2-6-19(7-3-17)24-31-25(35-32-24)23-15-33(16-28-23)14-18-4-10-21(11-5-18)29-26(34)30-22-12-8-20(27)9-13-22/h2-13,15-16H,14H2,1H3,(H2,29,30,34). The van der Waals surface area contributed by atoms with Gasteiger partial charge in [0.25, 0.3) is 5.89 Å². The number of halogens is 1. The fraction of sp³-hybridized carbons (Fsp3) is 0.0769. The van der Waals surface area contributed by atoms with Gasteiger partial charge in [-0.05, 0) is 48.9 Å². The molecular formula is C26H21ClN6O2. The van der Waals surface area contributed by atoms with Crippen molar-refractivity contribution in [1.29, 1.82) is 0 Å². The maximum absolute atomic E-state index is 12.2. The zero-order chi connectivity index (χ0) is 24.2. The highest BCUT2D eigenvalue weighted by molar-refractivity contribution is 6.30. The van der Waals surface area contributed by atoms with Crippen LogP contribution in [0.4, 0.5) is 16.2 Å². The molecule has 0 aliphatic rings. The second-order valence-corrected chi connectivity index (χ2v) is 8.44. The van der Waals surface area contributed by atoms with Crippen LogP contribution in [0, 0.1) is 6.92 Å². The molecule has 2 amide bonds. The Bertz CT molecular complexity index is 1440. The van der Waals surface area contributed by atoms with Gasteiger partial charge in [0.2, 0.25) is 5.82 Å². The van der Waals surface area contributed by atoms with Gasteiger partial charge in [-0.15, -0.1) is 0 Å². The summed E-state index contributed by atoms with van der Waals surface area (Å²) in [6, 6.07) is 22.1. The van der Waals surface area contributed by atoms with Crippen LogP contribution in [-0.4, -0.2) is 25.7 Å². The highest BCUT2D eigenvalue weighted by atomic mass is 35.5. The topological polar surface area (TPSA) is 97.9 Å². The number of nitrogens with zero attached hydrogens (tertiary/aromatic N) is 4. The van der Waals surface area contributed by atoms with Crippen molar-refractivity contribution >= 4 is 29.0 Å². The third-order valence-corrected chi connectivity index (χ3v) is 5.52. The number of urea groups is 1. The van der Waals surface area contributed by atoms with E-state index in [1.54, 1.807) is 30.6 Å². The summed E-state index contributed by atoms with van der Waals surface area (Å²) < 4.78 is 7.34. The van der Waals surface area contributed by atoms with E-state index >= 15 is 0 Å². The van der Waals surface area contributed by atoms with E-state index in [9.17, 15) is 4.79 Å². The lowest BCUT2D eigenvalue weighted by molar-refractivity contribution is 0.262. The lowest BCUT2D eigenvalue weighted by Crippen LogP contribution is -2.19. The molecule has 0 saturated heterocycles. The maximum atomic E-state index is 12.2. The molecule has 9 heteroatoms. The molecule has 8 nitrogen and oxygen atoms in total. The van der Waals surface area contributed by atoms with Crippen LogP contribution in [0.15, 0.2) is 89.8 Å². The van der Waals surface area contributed by atoms with E-state index in [0.29, 0.717) is 40.4 Å². The predicted octanol–water partition coefficient (Wildman–Crippen LogP) is 6.25. The van der Waals surface area contributed by atoms with Gasteiger partial charge in [0.1, 0.15) is 5.69 Å². The number of rotatable bonds is 6. The van der Waals surface area contributed by atoms with Crippen molar-refractivity contribution in [2.45, 2.75) is 13.5 Å². The quantitative estimate of drug-likeness (QED) is 0.296. The molecule has 0 aliphatic carbocycles. The molecule has 3 aromatic carbocycles. The fourth-order valence-corrected chi connectivity index (χ4v) is 3.56. The summed E-state index contributed by atoms with van der Waals surface area (Å²) >= 11 is 5.87. The van der Waals surface area contributed by atoms with Crippen LogP contribution in [0.2, 0.25) is 5.02 Å². The van der Waals surface area contributed by atoms with Crippen LogP contribution in [0.3, 0.4) is 0 Å². The Kier molecular flexibility index (Phi) is 6.28. The van der Waals surface area contributed by atoms with Gasteiger partial charge in [-0.2, -0.15) is 4.98 Å². The van der Waals surface area contributed by atoms with Gasteiger partial charge in [-0.3, -0.25) is 0 Å². The molecule has 0 spiro atoms. The monoisotopic (exact) mass is 484 g/mol. The first-order valence-electron chi connectivity index (χ1n) is 10.9. The summed E-state index contributed by atoms with van der Waals surface area (Å²) in [5, 5.41) is 10.3. The maximum Gasteiger partial charge on any atom is 0.323 e. The number of nitrogens with one attached hydrogen (secondary N) is 2. The first-order chi connectivity index (χ1) is 17.0. The Morgan fingerprint density at radius 2 is 1.60 bits per heavy atom. The summed E-state index contributed by atoms with van der Waals surface area (Å²) in [5.74, 6) is 0.892. The molecule has 0 bridgehead atoms. The lowest BCUT2D eigenvalue weighted by Gasteiger charge is -2.09. The van der Waals surface area contributed by atoms with Crippen molar-refractivity contribution in [3.8, 4) is 23.0 Å². The number of anilines is 2. The summed E-state index contributed by atoms with van der Waals surface area (Å²) in [4.78, 5) is 21.1. The molecule has 0 saturated carbocycles. The minimum atomic E-state index is -0.330. The van der Waals surface area contributed by atoms with Gasteiger partial charge in [-0.25, -0.2) is 9.78 Å². The predicted molar refractivity (Wildman–Crippen MR) is 135 cm³/mol. The van der Waals surface area contributed by atoms with Crippen molar-refractivity contribution in [2.75, 3.05) is 10.6 Å². The van der Waals surface area contributed by atoms with Crippen molar-refractivity contribution in [3.63, 3.8) is 0 Å². The summed E-state index contributed by atoms with van der Waals surface area (Å²) in [7, 11) is 0. The second kappa shape index (κ2) is 9.82. The highest BCUT2D eigenvalue weighted by Gasteiger charge is 2.13. The Morgan fingerprint density at radius 1 is 0.943 bits per heavy atom. The molecular weight excluding hydrogens is 464 g/mol. The van der Waals surface area contributed by atoms with Crippen LogP contribution < -0.4 is 10.6 Å². The van der Waals surface area contributed by atoms with Crippen molar-refractivity contribution in [2.24, 2.45) is 0 Å². The molecule has 174 valence electrons. The first-order valence-corrected chi connectivity index (χ1v) is 11.2. The van der Waals surface area contributed by atoms with Crippen molar-refractivity contribution < 1.29 is 9.32 Å². The highest BCUT2D eigenvalue weighted by Crippen LogP contribution is 2.22. The van der Waals surface area contributed by atoms with Crippen LogP contribution in [0.1, 0.15) is 11.1 Å². The SMILES string of the molecule is Cc1ccc(-c2noc(-c3cn(Cc4ccc(NC(=O)Nc5ccc(Cl)cc5)cc4)cn3)n2)cc1. The molecule has 0 radical (unpaired) electrons. The van der Waals surface area contributed by atoms with Crippen LogP contribution in [-0.2, 0) is 6.54 Å². The molecule has 0 fully saturated rings. The molecule has 2 N–H and O–H groups in total. The van der Waals surface area contributed by atoms with Gasteiger partial charge < -0.3 is 19.7 Å². The Balaban J connectivity index is 1.19. The third-order valence-electron chi connectivity index (χ3n) is 5.27. The minimum Gasteiger partial charge on any atom is -0.332 e. The molecule has 0 unspecified atom stereocenters. The molecule has 2 heterocycles. The fourth-order valence-electron chi connectivity index (χ4n) is 3.44. The van der Waals surface area contributed by atoms with Crippen LogP contribution >= 0.6 is 11.6 Å². The van der Waals surface area contributed by atoms with E-state index in [0.717, 1.165) is 11.1 Å². The number of hydrogen-bond acceptors (Lipinski definition) is 5. The van der Waals surface area contributed by atoms with E-state index in [1.807, 2.05) is 66.2 Å². The zero-order valence-corrected chi connectivity index (χ0v) is 19.5. The first kappa shape index (κ1) is 22.4. The number of benzene rings is 3. The Labute approximate surface area is 206 Å².